The van der Waals surface area contributed by atoms with Crippen molar-refractivity contribution in [2.45, 2.75) is 44.1 Å². The maximum absolute atomic E-state index is 14.3. The number of rotatable bonds is 6. The summed E-state index contributed by atoms with van der Waals surface area (Å²) in [5.74, 6) is -2.12. The van der Waals surface area contributed by atoms with Gasteiger partial charge in [0, 0.05) is 30.7 Å². The molecule has 2 aromatic carbocycles. The van der Waals surface area contributed by atoms with E-state index < -0.39 is 19.0 Å². The minimum Gasteiger partial charge on any atom is -0.378 e. The Balaban J connectivity index is 1.99. The van der Waals surface area contributed by atoms with E-state index in [4.69, 9.17) is 4.52 Å². The molecule has 6 heteroatoms. The molecule has 2 atom stereocenters. The lowest BCUT2D eigenvalue weighted by molar-refractivity contribution is 0.136. The highest BCUT2D eigenvalue weighted by Crippen LogP contribution is 2.59. The van der Waals surface area contributed by atoms with Gasteiger partial charge in [-0.3, -0.25) is 4.57 Å². The Kier molecular flexibility index (Phi) is 6.36. The molecule has 0 saturated heterocycles. The summed E-state index contributed by atoms with van der Waals surface area (Å²) in [6.45, 7) is 0. The van der Waals surface area contributed by atoms with Gasteiger partial charge in [0.1, 0.15) is 5.82 Å². The fourth-order valence-electron chi connectivity index (χ4n) is 3.48. The second-order valence-electron chi connectivity index (χ2n) is 7.27. The van der Waals surface area contributed by atoms with Crippen LogP contribution in [0, 0.1) is 5.82 Å². The smallest absolute Gasteiger partial charge is 0.264 e. The molecule has 1 saturated carbocycles. The van der Waals surface area contributed by atoms with Crippen LogP contribution in [0.5, 0.6) is 0 Å². The van der Waals surface area contributed by atoms with Gasteiger partial charge in [0.05, 0.1) is 6.10 Å². The quantitative estimate of drug-likeness (QED) is 0.716. The second-order valence-corrected chi connectivity index (χ2v) is 9.68. The number of hydrogen-bond donors (Lipinski definition) is 1. The molecule has 0 heterocycles. The van der Waals surface area contributed by atoms with Crippen LogP contribution in [0.15, 0.2) is 48.5 Å². The van der Waals surface area contributed by atoms with E-state index >= 15 is 0 Å². The lowest BCUT2D eigenvalue weighted by Gasteiger charge is -2.31. The third kappa shape index (κ3) is 4.43. The SMILES string of the molecule is CN(C)c1ccc([P@](=O)(OC2CCCCC2)[C@H](O)c2ccccc2F)cc1. The molecule has 1 N–H and O–H groups in total. The van der Waals surface area contributed by atoms with Crippen molar-refractivity contribution < 1.29 is 18.6 Å². The fourth-order valence-corrected chi connectivity index (χ4v) is 5.79. The number of benzene rings is 2. The average molecular weight is 391 g/mol. The second kappa shape index (κ2) is 8.55. The topological polar surface area (TPSA) is 49.8 Å². The summed E-state index contributed by atoms with van der Waals surface area (Å²) >= 11 is 0. The highest BCUT2D eigenvalue weighted by Gasteiger charge is 2.40. The Labute approximate surface area is 160 Å². The van der Waals surface area contributed by atoms with Gasteiger partial charge in [-0.25, -0.2) is 4.39 Å². The van der Waals surface area contributed by atoms with Gasteiger partial charge in [-0.2, -0.15) is 0 Å². The number of anilines is 1. The number of halogens is 1. The van der Waals surface area contributed by atoms with Crippen LogP contribution in [0.3, 0.4) is 0 Å². The molecule has 3 rings (SSSR count). The van der Waals surface area contributed by atoms with Gasteiger partial charge in [0.2, 0.25) is 0 Å². The van der Waals surface area contributed by atoms with Crippen LogP contribution in [0.4, 0.5) is 10.1 Å². The van der Waals surface area contributed by atoms with Gasteiger partial charge >= 0.3 is 0 Å². The number of aliphatic hydroxyl groups is 1. The summed E-state index contributed by atoms with van der Waals surface area (Å²) in [6, 6.07) is 13.0. The maximum atomic E-state index is 14.3. The summed E-state index contributed by atoms with van der Waals surface area (Å²) in [5, 5.41) is 11.4. The first kappa shape index (κ1) is 20.1. The predicted octanol–water partition coefficient (Wildman–Crippen LogP) is 4.84. The van der Waals surface area contributed by atoms with Crippen molar-refractivity contribution in [3.05, 3.63) is 59.9 Å². The Hall–Kier alpha value is -1.68. The molecule has 1 aliphatic carbocycles. The standard InChI is InChI=1S/C21H27FNO3P/c1-23(2)16-12-14-18(15-13-16)27(25,26-17-8-4-3-5-9-17)21(24)19-10-6-7-11-20(19)22/h6-7,10-15,17,21,24H,3-5,8-9H2,1-2H3/t21-,27-/m0/s1. The van der Waals surface area contributed by atoms with Crippen molar-refractivity contribution in [2.75, 3.05) is 19.0 Å². The minimum atomic E-state index is -3.73. The van der Waals surface area contributed by atoms with Crippen LogP contribution in [-0.2, 0) is 9.09 Å². The summed E-state index contributed by atoms with van der Waals surface area (Å²) in [5.41, 5.74) is 0.955. The monoisotopic (exact) mass is 391 g/mol. The summed E-state index contributed by atoms with van der Waals surface area (Å²) in [4.78, 5) is 1.93. The zero-order valence-corrected chi connectivity index (χ0v) is 16.7. The van der Waals surface area contributed by atoms with E-state index in [0.717, 1.165) is 37.8 Å². The summed E-state index contributed by atoms with van der Waals surface area (Å²) < 4.78 is 34.3. The maximum Gasteiger partial charge on any atom is 0.264 e. The zero-order valence-electron chi connectivity index (χ0n) is 15.8. The van der Waals surface area contributed by atoms with Crippen LogP contribution >= 0.6 is 7.37 Å². The molecule has 1 fully saturated rings. The van der Waals surface area contributed by atoms with Gasteiger partial charge in [0.25, 0.3) is 7.37 Å². The van der Waals surface area contributed by atoms with Gasteiger partial charge in [-0.15, -0.1) is 0 Å². The third-order valence-corrected chi connectivity index (χ3v) is 7.64. The average Bonchev–Trinajstić information content (AvgIpc) is 2.68. The molecule has 0 spiro atoms. The number of aliphatic hydroxyl groups excluding tert-OH is 1. The van der Waals surface area contributed by atoms with E-state index in [1.54, 1.807) is 24.3 Å². The first-order chi connectivity index (χ1) is 12.9. The van der Waals surface area contributed by atoms with Gasteiger partial charge in [0.15, 0.2) is 5.85 Å². The van der Waals surface area contributed by atoms with Crippen LogP contribution in [0.1, 0.15) is 43.5 Å². The Morgan fingerprint density at radius 2 is 1.70 bits per heavy atom. The Bertz CT molecular complexity index is 803. The van der Waals surface area contributed by atoms with Crippen molar-refractivity contribution in [1.29, 1.82) is 0 Å². The van der Waals surface area contributed by atoms with Crippen molar-refractivity contribution in [1.82, 2.24) is 0 Å². The number of hydrogen-bond acceptors (Lipinski definition) is 4. The molecule has 0 bridgehead atoms. The van der Waals surface area contributed by atoms with E-state index in [1.165, 1.54) is 12.1 Å². The predicted molar refractivity (Wildman–Crippen MR) is 107 cm³/mol. The Morgan fingerprint density at radius 3 is 2.30 bits per heavy atom. The molecule has 0 radical (unpaired) electrons. The highest BCUT2D eigenvalue weighted by molar-refractivity contribution is 7.67. The lowest BCUT2D eigenvalue weighted by atomic mass is 9.98. The van der Waals surface area contributed by atoms with Crippen LogP contribution in [0.25, 0.3) is 0 Å². The van der Waals surface area contributed by atoms with E-state index in [2.05, 4.69) is 0 Å². The van der Waals surface area contributed by atoms with Crippen molar-refractivity contribution in [3.8, 4) is 0 Å². The molecular formula is C21H27FNO3P. The molecule has 0 aliphatic heterocycles. The molecule has 146 valence electrons. The van der Waals surface area contributed by atoms with Crippen LogP contribution in [0.2, 0.25) is 0 Å². The van der Waals surface area contributed by atoms with Crippen molar-refractivity contribution in [2.24, 2.45) is 0 Å². The summed E-state index contributed by atoms with van der Waals surface area (Å²) in [6.07, 6.45) is 4.60. The van der Waals surface area contributed by atoms with Gasteiger partial charge in [-0.1, -0.05) is 37.5 Å². The normalized spacial score (nSPS) is 18.7. The first-order valence-electron chi connectivity index (χ1n) is 9.40. The molecule has 4 nitrogen and oxygen atoms in total. The Morgan fingerprint density at radius 1 is 1.07 bits per heavy atom. The van der Waals surface area contributed by atoms with Crippen LogP contribution in [-0.4, -0.2) is 25.3 Å². The van der Waals surface area contributed by atoms with Gasteiger partial charge < -0.3 is 14.5 Å². The molecule has 0 unspecified atom stereocenters. The lowest BCUT2D eigenvalue weighted by Crippen LogP contribution is -2.23. The molecule has 0 aromatic heterocycles. The van der Waals surface area contributed by atoms with E-state index in [-0.39, 0.29) is 11.7 Å². The van der Waals surface area contributed by atoms with E-state index in [1.807, 2.05) is 31.1 Å². The molecule has 2 aromatic rings. The largest absolute Gasteiger partial charge is 0.378 e. The van der Waals surface area contributed by atoms with Crippen LogP contribution < -0.4 is 10.2 Å². The zero-order chi connectivity index (χ0) is 19.4. The van der Waals surface area contributed by atoms with Crippen molar-refractivity contribution in [3.63, 3.8) is 0 Å². The summed E-state index contributed by atoms with van der Waals surface area (Å²) in [7, 11) is 0.103. The van der Waals surface area contributed by atoms with Gasteiger partial charge in [-0.05, 0) is 43.2 Å². The van der Waals surface area contributed by atoms with E-state index in [9.17, 15) is 14.1 Å². The molecule has 0 amide bonds. The fraction of sp³-hybridized carbons (Fsp3) is 0.429. The first-order valence-corrected chi connectivity index (χ1v) is 11.1. The minimum absolute atomic E-state index is 0.00771. The molecule has 1 aliphatic rings. The molecule has 27 heavy (non-hydrogen) atoms. The highest BCUT2D eigenvalue weighted by atomic mass is 31.2. The molecular weight excluding hydrogens is 364 g/mol. The number of nitrogens with zero attached hydrogens (tertiary/aromatic N) is 1. The van der Waals surface area contributed by atoms with Crippen molar-refractivity contribution >= 4 is 18.4 Å². The third-order valence-electron chi connectivity index (χ3n) is 5.09. The van der Waals surface area contributed by atoms with E-state index in [0.29, 0.717) is 5.30 Å².